The van der Waals surface area contributed by atoms with Crippen molar-refractivity contribution in [3.05, 3.63) is 77.1 Å². The predicted molar refractivity (Wildman–Crippen MR) is 119 cm³/mol. The summed E-state index contributed by atoms with van der Waals surface area (Å²) in [7, 11) is -1.96. The van der Waals surface area contributed by atoms with E-state index in [2.05, 4.69) is 4.98 Å². The highest BCUT2D eigenvalue weighted by molar-refractivity contribution is 7.92. The van der Waals surface area contributed by atoms with Gasteiger partial charge >= 0.3 is 0 Å². The Morgan fingerprint density at radius 2 is 1.67 bits per heavy atom. The van der Waals surface area contributed by atoms with Crippen molar-refractivity contribution in [2.75, 3.05) is 17.2 Å². The molecule has 1 aromatic heterocycles. The second kappa shape index (κ2) is 9.36. The first-order valence-electron chi connectivity index (χ1n) is 9.37. The number of halogens is 1. The molecule has 6 nitrogen and oxygen atoms in total. The van der Waals surface area contributed by atoms with Crippen LogP contribution in [-0.4, -0.2) is 26.3 Å². The monoisotopic (exact) mass is 446 g/mol. The van der Waals surface area contributed by atoms with E-state index < -0.39 is 10.0 Å². The number of sulfonamides is 1. The van der Waals surface area contributed by atoms with E-state index in [0.717, 1.165) is 5.69 Å². The van der Waals surface area contributed by atoms with Crippen molar-refractivity contribution in [1.82, 2.24) is 4.98 Å². The van der Waals surface area contributed by atoms with Gasteiger partial charge in [-0.15, -0.1) is 0 Å². The summed E-state index contributed by atoms with van der Waals surface area (Å²) in [6, 6.07) is 17.7. The molecule has 0 fully saturated rings. The molecule has 3 aromatic rings. The topological polar surface area (TPSA) is 68.7 Å². The second-order valence-corrected chi connectivity index (χ2v) is 9.10. The summed E-state index contributed by atoms with van der Waals surface area (Å²) in [4.78, 5) is 4.22. The van der Waals surface area contributed by atoms with Crippen molar-refractivity contribution >= 4 is 27.3 Å². The zero-order chi connectivity index (χ0) is 21.7. The molecular formula is C22H23ClN2O4S. The van der Waals surface area contributed by atoms with Gasteiger partial charge in [0.1, 0.15) is 10.9 Å². The lowest BCUT2D eigenvalue weighted by Crippen LogP contribution is -2.32. The maximum atomic E-state index is 12.8. The zero-order valence-electron chi connectivity index (χ0n) is 17.0. The third-order valence-electron chi connectivity index (χ3n) is 4.50. The summed E-state index contributed by atoms with van der Waals surface area (Å²) in [5, 5.41) is 0.294. The molecule has 2 aromatic carbocycles. The number of rotatable bonds is 8. The molecule has 3 rings (SSSR count). The van der Waals surface area contributed by atoms with E-state index in [0.29, 0.717) is 33.7 Å². The molecule has 0 unspecified atom stereocenters. The van der Waals surface area contributed by atoms with Gasteiger partial charge in [-0.1, -0.05) is 29.8 Å². The van der Waals surface area contributed by atoms with Crippen LogP contribution in [0.5, 0.6) is 17.2 Å². The number of aryl methyl sites for hydroxylation is 1. The van der Waals surface area contributed by atoms with Gasteiger partial charge in [0.2, 0.25) is 10.0 Å². The van der Waals surface area contributed by atoms with Gasteiger partial charge in [-0.3, -0.25) is 4.31 Å². The summed E-state index contributed by atoms with van der Waals surface area (Å²) in [6.07, 6.45) is 0. The van der Waals surface area contributed by atoms with Crippen molar-refractivity contribution in [3.63, 3.8) is 0 Å². The summed E-state index contributed by atoms with van der Waals surface area (Å²) < 4.78 is 38.0. The summed E-state index contributed by atoms with van der Waals surface area (Å²) >= 11 is 6.23. The van der Waals surface area contributed by atoms with Crippen LogP contribution < -0.4 is 13.8 Å². The lowest BCUT2D eigenvalue weighted by molar-refractivity contribution is 0.379. The Kier molecular flexibility index (Phi) is 6.84. The molecule has 0 aliphatic heterocycles. The highest BCUT2D eigenvalue weighted by atomic mass is 35.5. The van der Waals surface area contributed by atoms with E-state index in [1.54, 1.807) is 56.5 Å². The fraction of sp³-hybridized carbons (Fsp3) is 0.227. The van der Waals surface area contributed by atoms with E-state index in [1.165, 1.54) is 4.31 Å². The van der Waals surface area contributed by atoms with Crippen LogP contribution in [0.4, 0.5) is 5.69 Å². The molecule has 1 heterocycles. The van der Waals surface area contributed by atoms with Gasteiger partial charge < -0.3 is 9.47 Å². The Morgan fingerprint density at radius 1 is 1.00 bits per heavy atom. The fourth-order valence-corrected chi connectivity index (χ4v) is 4.19. The average molecular weight is 447 g/mol. The average Bonchev–Trinajstić information content (AvgIpc) is 2.74. The van der Waals surface area contributed by atoms with Gasteiger partial charge in [0.25, 0.3) is 0 Å². The largest absolute Gasteiger partial charge is 0.493 e. The minimum Gasteiger partial charge on any atom is -0.493 e. The minimum absolute atomic E-state index is 0.0383. The van der Waals surface area contributed by atoms with Gasteiger partial charge in [-0.25, -0.2) is 13.4 Å². The van der Waals surface area contributed by atoms with Gasteiger partial charge in [0.15, 0.2) is 11.5 Å². The lowest BCUT2D eigenvalue weighted by Gasteiger charge is -2.24. The standard InChI is InChI=1S/C22H23ClN2O4S/c1-4-30(26,27)25(15-17-10-9-16(2)24-22(17)23)18-11-13-19(14-12-18)29-21-8-6-5-7-20(21)28-3/h5-14H,4,15H2,1-3H3. The Balaban J connectivity index is 1.89. The molecule has 8 heteroatoms. The Labute approximate surface area is 182 Å². The second-order valence-electron chi connectivity index (χ2n) is 6.56. The molecule has 0 spiro atoms. The maximum Gasteiger partial charge on any atom is 0.235 e. The first kappa shape index (κ1) is 21.9. The van der Waals surface area contributed by atoms with Crippen LogP contribution >= 0.6 is 11.6 Å². The molecular weight excluding hydrogens is 424 g/mol. The van der Waals surface area contributed by atoms with Crippen LogP contribution in [-0.2, 0) is 16.6 Å². The number of para-hydroxylation sites is 2. The van der Waals surface area contributed by atoms with Crippen LogP contribution in [0.15, 0.2) is 60.7 Å². The van der Waals surface area contributed by atoms with E-state index >= 15 is 0 Å². The fourth-order valence-electron chi connectivity index (χ4n) is 2.84. The van der Waals surface area contributed by atoms with Crippen molar-refractivity contribution in [3.8, 4) is 17.2 Å². The smallest absolute Gasteiger partial charge is 0.235 e. The molecule has 0 aliphatic rings. The molecule has 0 amide bonds. The highest BCUT2D eigenvalue weighted by Crippen LogP contribution is 2.32. The number of hydrogen-bond acceptors (Lipinski definition) is 5. The molecule has 0 saturated heterocycles. The van der Waals surface area contributed by atoms with Crippen molar-refractivity contribution in [2.45, 2.75) is 20.4 Å². The Morgan fingerprint density at radius 3 is 2.27 bits per heavy atom. The number of nitrogens with zero attached hydrogens (tertiary/aromatic N) is 2. The summed E-state index contributed by atoms with van der Waals surface area (Å²) in [5.41, 5.74) is 1.92. The van der Waals surface area contributed by atoms with Crippen LogP contribution in [0.25, 0.3) is 0 Å². The third-order valence-corrected chi connectivity index (χ3v) is 6.57. The Hall–Kier alpha value is -2.77. The molecule has 0 saturated carbocycles. The van der Waals surface area contributed by atoms with Gasteiger partial charge in [0.05, 0.1) is 25.1 Å². The highest BCUT2D eigenvalue weighted by Gasteiger charge is 2.22. The number of benzene rings is 2. The summed E-state index contributed by atoms with van der Waals surface area (Å²) in [6.45, 7) is 3.53. The molecule has 0 aliphatic carbocycles. The van der Waals surface area contributed by atoms with E-state index in [4.69, 9.17) is 21.1 Å². The zero-order valence-corrected chi connectivity index (χ0v) is 18.6. The Bertz CT molecular complexity index is 1120. The normalized spacial score (nSPS) is 11.2. The van der Waals surface area contributed by atoms with Crippen LogP contribution in [0, 0.1) is 6.92 Å². The third kappa shape index (κ3) is 5.04. The molecule has 0 atom stereocenters. The SMILES string of the molecule is CCS(=O)(=O)N(Cc1ccc(C)nc1Cl)c1ccc(Oc2ccccc2OC)cc1. The van der Waals surface area contributed by atoms with Crippen LogP contribution in [0.1, 0.15) is 18.2 Å². The van der Waals surface area contributed by atoms with Gasteiger partial charge in [-0.2, -0.15) is 0 Å². The van der Waals surface area contributed by atoms with Gasteiger partial charge in [0, 0.05) is 11.3 Å². The van der Waals surface area contributed by atoms with E-state index in [1.807, 2.05) is 25.1 Å². The van der Waals surface area contributed by atoms with Crippen LogP contribution in [0.2, 0.25) is 5.15 Å². The first-order chi connectivity index (χ1) is 14.3. The predicted octanol–water partition coefficient (Wildman–Crippen LogP) is 5.20. The van der Waals surface area contributed by atoms with Crippen molar-refractivity contribution in [1.29, 1.82) is 0 Å². The number of ether oxygens (including phenoxy) is 2. The number of methoxy groups -OCH3 is 1. The maximum absolute atomic E-state index is 12.8. The van der Waals surface area contributed by atoms with E-state index in [-0.39, 0.29) is 12.3 Å². The molecule has 0 radical (unpaired) electrons. The van der Waals surface area contributed by atoms with Crippen molar-refractivity contribution < 1.29 is 17.9 Å². The molecule has 158 valence electrons. The first-order valence-corrected chi connectivity index (χ1v) is 11.4. The quantitative estimate of drug-likeness (QED) is 0.445. The van der Waals surface area contributed by atoms with Crippen molar-refractivity contribution in [2.24, 2.45) is 0 Å². The number of anilines is 1. The van der Waals surface area contributed by atoms with Gasteiger partial charge in [-0.05, 0) is 56.3 Å². The number of pyridine rings is 1. The van der Waals surface area contributed by atoms with Crippen LogP contribution in [0.3, 0.4) is 0 Å². The number of aromatic nitrogens is 1. The lowest BCUT2D eigenvalue weighted by atomic mass is 10.2. The van der Waals surface area contributed by atoms with E-state index in [9.17, 15) is 8.42 Å². The summed E-state index contributed by atoms with van der Waals surface area (Å²) in [5.74, 6) is 1.71. The minimum atomic E-state index is -3.53. The molecule has 0 bridgehead atoms. The molecule has 30 heavy (non-hydrogen) atoms. The molecule has 0 N–H and O–H groups in total. The number of hydrogen-bond donors (Lipinski definition) is 0.